The second-order valence-corrected chi connectivity index (χ2v) is 4.89. The number of nitrogens with zero attached hydrogens (tertiary/aromatic N) is 4. The van der Waals surface area contributed by atoms with E-state index >= 15 is 0 Å². The third kappa shape index (κ3) is 3.20. The van der Waals surface area contributed by atoms with Gasteiger partial charge in [-0.05, 0) is 24.6 Å². The van der Waals surface area contributed by atoms with E-state index in [0.717, 1.165) is 24.3 Å². The van der Waals surface area contributed by atoms with Crippen LogP contribution in [0.15, 0.2) is 55.0 Å². The predicted octanol–water partition coefficient (Wildman–Crippen LogP) is 2.12. The minimum Gasteiger partial charge on any atom is -0.396 e. The summed E-state index contributed by atoms with van der Waals surface area (Å²) >= 11 is 0. The molecule has 1 N–H and O–H groups in total. The van der Waals surface area contributed by atoms with Crippen molar-refractivity contribution in [1.29, 1.82) is 0 Å². The summed E-state index contributed by atoms with van der Waals surface area (Å²) in [5.74, 6) is 0.711. The number of anilines is 1. The van der Waals surface area contributed by atoms with E-state index in [1.807, 2.05) is 41.1 Å². The van der Waals surface area contributed by atoms with Gasteiger partial charge in [-0.3, -0.25) is 4.40 Å². The summed E-state index contributed by atoms with van der Waals surface area (Å²) < 4.78 is 1.92. The van der Waals surface area contributed by atoms with Gasteiger partial charge < -0.3 is 10.0 Å². The largest absolute Gasteiger partial charge is 0.396 e. The molecule has 0 saturated carbocycles. The highest BCUT2D eigenvalue weighted by Crippen LogP contribution is 2.17. The van der Waals surface area contributed by atoms with Crippen LogP contribution in [0.2, 0.25) is 0 Å². The number of fused-ring (bicyclic) bond motifs is 1. The molecule has 0 spiro atoms. The standard InChI is InChI=1S/C16H18N4O/c21-11-5-10-19(15-6-2-1-3-7-15)12-14-13-20-9-4-8-17-16(20)18-14/h1-4,6-9,13,21H,5,10-12H2. The molecule has 0 amide bonds. The Hall–Kier alpha value is -2.40. The van der Waals surface area contributed by atoms with Crippen LogP contribution in [-0.2, 0) is 6.54 Å². The van der Waals surface area contributed by atoms with Gasteiger partial charge in [0.05, 0.1) is 12.2 Å². The van der Waals surface area contributed by atoms with Crippen LogP contribution in [0.4, 0.5) is 5.69 Å². The summed E-state index contributed by atoms with van der Waals surface area (Å²) in [7, 11) is 0. The predicted molar refractivity (Wildman–Crippen MR) is 82.2 cm³/mol. The first kappa shape index (κ1) is 13.6. The Balaban J connectivity index is 1.83. The molecule has 1 aromatic carbocycles. The highest BCUT2D eigenvalue weighted by molar-refractivity contribution is 5.46. The minimum atomic E-state index is 0.191. The molecule has 0 radical (unpaired) electrons. The van der Waals surface area contributed by atoms with Gasteiger partial charge >= 0.3 is 0 Å². The van der Waals surface area contributed by atoms with Crippen LogP contribution in [0.25, 0.3) is 5.78 Å². The lowest BCUT2D eigenvalue weighted by Gasteiger charge is -2.23. The van der Waals surface area contributed by atoms with Crippen molar-refractivity contribution in [1.82, 2.24) is 14.4 Å². The first-order valence-corrected chi connectivity index (χ1v) is 7.06. The molecule has 0 aliphatic heterocycles. The molecule has 0 atom stereocenters. The van der Waals surface area contributed by atoms with Gasteiger partial charge in [-0.1, -0.05) is 18.2 Å². The molecule has 2 heterocycles. The zero-order valence-corrected chi connectivity index (χ0v) is 11.8. The molecule has 5 heteroatoms. The molecule has 2 aromatic heterocycles. The van der Waals surface area contributed by atoms with E-state index in [4.69, 9.17) is 5.11 Å². The fraction of sp³-hybridized carbons (Fsp3) is 0.250. The maximum Gasteiger partial charge on any atom is 0.233 e. The third-order valence-electron chi connectivity index (χ3n) is 3.35. The molecular formula is C16H18N4O. The van der Waals surface area contributed by atoms with Crippen molar-refractivity contribution in [3.05, 3.63) is 60.7 Å². The summed E-state index contributed by atoms with van der Waals surface area (Å²) in [5, 5.41) is 9.09. The summed E-state index contributed by atoms with van der Waals surface area (Å²) in [6.07, 6.45) is 6.42. The van der Waals surface area contributed by atoms with Crippen LogP contribution in [0.1, 0.15) is 12.1 Å². The minimum absolute atomic E-state index is 0.191. The number of rotatable bonds is 6. The fourth-order valence-electron chi connectivity index (χ4n) is 2.35. The normalized spacial score (nSPS) is 10.9. The topological polar surface area (TPSA) is 53.7 Å². The highest BCUT2D eigenvalue weighted by atomic mass is 16.3. The molecule has 108 valence electrons. The number of para-hydroxylation sites is 1. The Bertz CT molecular complexity index is 663. The van der Waals surface area contributed by atoms with Crippen molar-refractivity contribution in [2.45, 2.75) is 13.0 Å². The number of hydrogen-bond acceptors (Lipinski definition) is 4. The summed E-state index contributed by atoms with van der Waals surface area (Å²) in [4.78, 5) is 11.0. The van der Waals surface area contributed by atoms with Gasteiger partial charge in [0.25, 0.3) is 0 Å². The lowest BCUT2D eigenvalue weighted by molar-refractivity contribution is 0.289. The van der Waals surface area contributed by atoms with E-state index < -0.39 is 0 Å². The average molecular weight is 282 g/mol. The van der Waals surface area contributed by atoms with E-state index in [1.54, 1.807) is 6.20 Å². The Morgan fingerprint density at radius 3 is 2.76 bits per heavy atom. The van der Waals surface area contributed by atoms with Gasteiger partial charge in [-0.15, -0.1) is 0 Å². The van der Waals surface area contributed by atoms with E-state index in [9.17, 15) is 0 Å². The van der Waals surface area contributed by atoms with Gasteiger partial charge in [0.2, 0.25) is 5.78 Å². The molecule has 3 aromatic rings. The maximum atomic E-state index is 9.09. The lowest BCUT2D eigenvalue weighted by Crippen LogP contribution is -2.24. The molecule has 21 heavy (non-hydrogen) atoms. The number of hydrogen-bond donors (Lipinski definition) is 1. The van der Waals surface area contributed by atoms with Crippen molar-refractivity contribution < 1.29 is 5.11 Å². The van der Waals surface area contributed by atoms with Crippen molar-refractivity contribution in [3.8, 4) is 0 Å². The molecule has 0 aliphatic rings. The summed E-state index contributed by atoms with van der Waals surface area (Å²) in [6, 6.07) is 12.1. The number of aliphatic hydroxyl groups is 1. The SMILES string of the molecule is OCCCN(Cc1cn2cccnc2n1)c1ccccc1. The van der Waals surface area contributed by atoms with Crippen LogP contribution < -0.4 is 4.90 Å². The number of aromatic nitrogens is 3. The summed E-state index contributed by atoms with van der Waals surface area (Å²) in [5.41, 5.74) is 2.10. The van der Waals surface area contributed by atoms with Crippen LogP contribution in [-0.4, -0.2) is 32.6 Å². The van der Waals surface area contributed by atoms with Crippen LogP contribution in [0, 0.1) is 0 Å². The van der Waals surface area contributed by atoms with Gasteiger partial charge in [-0.2, -0.15) is 0 Å². The van der Waals surface area contributed by atoms with Gasteiger partial charge in [0, 0.05) is 37.4 Å². The van der Waals surface area contributed by atoms with Gasteiger partial charge in [0.1, 0.15) is 0 Å². The van der Waals surface area contributed by atoms with E-state index in [0.29, 0.717) is 12.3 Å². The number of aliphatic hydroxyl groups excluding tert-OH is 1. The monoisotopic (exact) mass is 282 g/mol. The molecule has 3 rings (SSSR count). The average Bonchev–Trinajstić information content (AvgIpc) is 2.94. The zero-order chi connectivity index (χ0) is 14.5. The highest BCUT2D eigenvalue weighted by Gasteiger charge is 2.10. The van der Waals surface area contributed by atoms with E-state index in [1.165, 1.54) is 0 Å². The first-order chi connectivity index (χ1) is 10.4. The Kier molecular flexibility index (Phi) is 4.12. The molecule has 0 aliphatic carbocycles. The van der Waals surface area contributed by atoms with Crippen molar-refractivity contribution >= 4 is 11.5 Å². The smallest absolute Gasteiger partial charge is 0.233 e. The van der Waals surface area contributed by atoms with Gasteiger partial charge in [-0.25, -0.2) is 9.97 Å². The first-order valence-electron chi connectivity index (χ1n) is 7.06. The van der Waals surface area contributed by atoms with Crippen molar-refractivity contribution in [3.63, 3.8) is 0 Å². The third-order valence-corrected chi connectivity index (χ3v) is 3.35. The van der Waals surface area contributed by atoms with Crippen molar-refractivity contribution in [2.75, 3.05) is 18.1 Å². The van der Waals surface area contributed by atoms with Crippen LogP contribution >= 0.6 is 0 Å². The van der Waals surface area contributed by atoms with Crippen LogP contribution in [0.5, 0.6) is 0 Å². The molecule has 0 unspecified atom stereocenters. The van der Waals surface area contributed by atoms with E-state index in [2.05, 4.69) is 27.0 Å². The second kappa shape index (κ2) is 6.37. The molecular weight excluding hydrogens is 264 g/mol. The Labute approximate surface area is 123 Å². The number of benzene rings is 1. The van der Waals surface area contributed by atoms with Crippen LogP contribution in [0.3, 0.4) is 0 Å². The molecule has 0 fully saturated rings. The Morgan fingerprint density at radius 1 is 1.14 bits per heavy atom. The molecule has 0 saturated heterocycles. The Morgan fingerprint density at radius 2 is 2.00 bits per heavy atom. The fourth-order valence-corrected chi connectivity index (χ4v) is 2.35. The molecule has 0 bridgehead atoms. The summed E-state index contributed by atoms with van der Waals surface area (Å²) in [6.45, 7) is 1.69. The van der Waals surface area contributed by atoms with Crippen molar-refractivity contribution in [2.24, 2.45) is 0 Å². The van der Waals surface area contributed by atoms with Gasteiger partial charge in [0.15, 0.2) is 0 Å². The zero-order valence-electron chi connectivity index (χ0n) is 11.8. The maximum absolute atomic E-state index is 9.09. The van der Waals surface area contributed by atoms with E-state index in [-0.39, 0.29) is 6.61 Å². The molecule has 5 nitrogen and oxygen atoms in total. The second-order valence-electron chi connectivity index (χ2n) is 4.89. The number of imidazole rings is 1. The quantitative estimate of drug-likeness (QED) is 0.752. The lowest BCUT2D eigenvalue weighted by atomic mass is 10.2.